The maximum atomic E-state index is 4.51. The van der Waals surface area contributed by atoms with Crippen LogP contribution in [0.3, 0.4) is 0 Å². The number of rotatable bonds is 6. The van der Waals surface area contributed by atoms with Crippen LogP contribution in [-0.2, 0) is 19.3 Å². The fourth-order valence-corrected chi connectivity index (χ4v) is 2.28. The molecule has 0 aliphatic carbocycles. The Morgan fingerprint density at radius 2 is 1.85 bits per heavy atom. The number of nitrogens with zero attached hydrogens (tertiary/aromatic N) is 1. The zero-order valence-corrected chi connectivity index (χ0v) is 13.2. The quantitative estimate of drug-likeness (QED) is 0.801. The first-order valence-corrected chi connectivity index (χ1v) is 7.57. The van der Waals surface area contributed by atoms with Gasteiger partial charge in [0.05, 0.1) is 0 Å². The molecule has 20 heavy (non-hydrogen) atoms. The third-order valence-corrected chi connectivity index (χ3v) is 4.08. The lowest BCUT2D eigenvalue weighted by molar-refractivity contribution is 0.346. The summed E-state index contributed by atoms with van der Waals surface area (Å²) < 4.78 is 0. The minimum Gasteiger partial charge on any atom is -0.346 e. The maximum Gasteiger partial charge on any atom is 0.139 e. The molecular formula is C17H25BN2. The number of benzene rings is 1. The molecule has 1 N–H and O–H groups in total. The zero-order valence-electron chi connectivity index (χ0n) is 13.2. The van der Waals surface area contributed by atoms with Gasteiger partial charge in [-0.3, -0.25) is 0 Å². The van der Waals surface area contributed by atoms with E-state index < -0.39 is 0 Å². The molecule has 1 aromatic heterocycles. The summed E-state index contributed by atoms with van der Waals surface area (Å²) in [7, 11) is 2.12. The first-order valence-electron chi connectivity index (χ1n) is 7.57. The van der Waals surface area contributed by atoms with Gasteiger partial charge in [0, 0.05) is 18.3 Å². The lowest BCUT2D eigenvalue weighted by Gasteiger charge is -2.21. The highest BCUT2D eigenvalue weighted by molar-refractivity contribution is 6.32. The number of hydrogen-bond acceptors (Lipinski definition) is 1. The summed E-state index contributed by atoms with van der Waals surface area (Å²) >= 11 is 0. The standard InChI is InChI=1S/C17H25BN2/c1-4-17(2,3)11-15-12-19-16(20-15)10-7-13-5-8-14(18)9-6-13/h5-6,8-9,12H,4,7,10-11,18H2,1-3H3,(H,19,20). The number of imidazole rings is 1. The predicted octanol–water partition coefficient (Wildman–Crippen LogP) is 2.43. The van der Waals surface area contributed by atoms with Gasteiger partial charge >= 0.3 is 0 Å². The Balaban J connectivity index is 1.91. The van der Waals surface area contributed by atoms with Crippen molar-refractivity contribution in [3.05, 3.63) is 47.5 Å². The molecule has 0 bridgehead atoms. The van der Waals surface area contributed by atoms with Crippen LogP contribution in [0, 0.1) is 5.41 Å². The average molecular weight is 268 g/mol. The molecule has 0 aliphatic rings. The van der Waals surface area contributed by atoms with E-state index in [-0.39, 0.29) is 0 Å². The van der Waals surface area contributed by atoms with Crippen molar-refractivity contribution in [3.8, 4) is 0 Å². The first-order chi connectivity index (χ1) is 9.48. The molecule has 0 saturated heterocycles. The van der Waals surface area contributed by atoms with Crippen molar-refractivity contribution < 1.29 is 0 Å². The Kier molecular flexibility index (Phi) is 4.69. The number of nitrogens with one attached hydrogen (secondary N) is 1. The summed E-state index contributed by atoms with van der Waals surface area (Å²) in [6.07, 6.45) is 6.29. The van der Waals surface area contributed by atoms with Crippen molar-refractivity contribution >= 4 is 13.3 Å². The molecule has 0 amide bonds. The van der Waals surface area contributed by atoms with Crippen LogP contribution >= 0.6 is 0 Å². The van der Waals surface area contributed by atoms with Gasteiger partial charge in [-0.2, -0.15) is 0 Å². The molecule has 0 atom stereocenters. The molecule has 1 aromatic carbocycles. The van der Waals surface area contributed by atoms with Gasteiger partial charge in [0.15, 0.2) is 0 Å². The smallest absolute Gasteiger partial charge is 0.139 e. The van der Waals surface area contributed by atoms with E-state index in [1.807, 2.05) is 6.20 Å². The number of aryl methyl sites for hydroxylation is 2. The van der Waals surface area contributed by atoms with Crippen LogP contribution < -0.4 is 5.46 Å². The van der Waals surface area contributed by atoms with Crippen LogP contribution in [0.25, 0.3) is 0 Å². The number of H-pyrrole nitrogens is 1. The summed E-state index contributed by atoms with van der Waals surface area (Å²) in [6.45, 7) is 6.86. The first kappa shape index (κ1) is 14.9. The van der Waals surface area contributed by atoms with E-state index in [9.17, 15) is 0 Å². The highest BCUT2D eigenvalue weighted by Crippen LogP contribution is 2.24. The van der Waals surface area contributed by atoms with Crippen LogP contribution in [0.1, 0.15) is 44.3 Å². The molecule has 0 fully saturated rings. The van der Waals surface area contributed by atoms with E-state index in [1.54, 1.807) is 0 Å². The summed E-state index contributed by atoms with van der Waals surface area (Å²) in [4.78, 5) is 7.99. The lowest BCUT2D eigenvalue weighted by atomic mass is 9.85. The molecule has 2 aromatic rings. The third kappa shape index (κ3) is 4.26. The normalized spacial score (nSPS) is 11.8. The Morgan fingerprint density at radius 1 is 1.15 bits per heavy atom. The van der Waals surface area contributed by atoms with Crippen LogP contribution in [0.5, 0.6) is 0 Å². The molecule has 2 nitrogen and oxygen atoms in total. The van der Waals surface area contributed by atoms with E-state index in [0.29, 0.717) is 5.41 Å². The van der Waals surface area contributed by atoms with E-state index >= 15 is 0 Å². The van der Waals surface area contributed by atoms with Crippen LogP contribution in [0.4, 0.5) is 0 Å². The molecule has 0 aliphatic heterocycles. The highest BCUT2D eigenvalue weighted by Gasteiger charge is 2.17. The van der Waals surface area contributed by atoms with E-state index in [0.717, 1.165) is 25.1 Å². The van der Waals surface area contributed by atoms with E-state index in [4.69, 9.17) is 0 Å². The fourth-order valence-electron chi connectivity index (χ4n) is 2.28. The zero-order chi connectivity index (χ0) is 14.6. The molecule has 0 saturated carbocycles. The van der Waals surface area contributed by atoms with Gasteiger partial charge in [-0.05, 0) is 23.8 Å². The molecule has 2 rings (SSSR count). The largest absolute Gasteiger partial charge is 0.346 e. The number of aromatic amines is 1. The molecule has 0 spiro atoms. The van der Waals surface area contributed by atoms with Gasteiger partial charge in [-0.15, -0.1) is 0 Å². The Morgan fingerprint density at radius 3 is 2.50 bits per heavy atom. The van der Waals surface area contributed by atoms with Gasteiger partial charge in [-0.25, -0.2) is 4.98 Å². The Labute approximate surface area is 123 Å². The summed E-state index contributed by atoms with van der Waals surface area (Å²) in [5.74, 6) is 1.10. The maximum absolute atomic E-state index is 4.51. The van der Waals surface area contributed by atoms with Crippen molar-refractivity contribution in [2.75, 3.05) is 0 Å². The van der Waals surface area contributed by atoms with Crippen molar-refractivity contribution in [1.82, 2.24) is 9.97 Å². The molecule has 3 heteroatoms. The molecule has 0 radical (unpaired) electrons. The summed E-state index contributed by atoms with van der Waals surface area (Å²) in [6, 6.07) is 8.76. The topological polar surface area (TPSA) is 28.7 Å². The average Bonchev–Trinajstić information content (AvgIpc) is 2.85. The number of hydrogen-bond donors (Lipinski definition) is 1. The van der Waals surface area contributed by atoms with Gasteiger partial charge < -0.3 is 4.98 Å². The van der Waals surface area contributed by atoms with E-state index in [2.05, 4.69) is 62.9 Å². The van der Waals surface area contributed by atoms with Crippen molar-refractivity contribution in [1.29, 1.82) is 0 Å². The van der Waals surface area contributed by atoms with Crippen LogP contribution in [0.15, 0.2) is 30.5 Å². The third-order valence-electron chi connectivity index (χ3n) is 4.08. The second kappa shape index (κ2) is 6.30. The fraction of sp³-hybridized carbons (Fsp3) is 0.471. The van der Waals surface area contributed by atoms with Gasteiger partial charge in [0.25, 0.3) is 0 Å². The molecule has 106 valence electrons. The van der Waals surface area contributed by atoms with Crippen LogP contribution in [0.2, 0.25) is 0 Å². The molecular weight excluding hydrogens is 243 g/mol. The van der Waals surface area contributed by atoms with Gasteiger partial charge in [-0.1, -0.05) is 56.9 Å². The van der Waals surface area contributed by atoms with Crippen molar-refractivity contribution in [3.63, 3.8) is 0 Å². The summed E-state index contributed by atoms with van der Waals surface area (Å²) in [5, 5.41) is 0. The molecule has 1 heterocycles. The predicted molar refractivity (Wildman–Crippen MR) is 88.4 cm³/mol. The van der Waals surface area contributed by atoms with Crippen molar-refractivity contribution in [2.45, 2.75) is 46.5 Å². The summed E-state index contributed by atoms with van der Waals surface area (Å²) in [5.41, 5.74) is 4.30. The molecule has 0 unspecified atom stereocenters. The van der Waals surface area contributed by atoms with Gasteiger partial charge in [0.2, 0.25) is 0 Å². The lowest BCUT2D eigenvalue weighted by Crippen LogP contribution is -2.13. The van der Waals surface area contributed by atoms with Crippen LogP contribution in [-0.4, -0.2) is 17.8 Å². The minimum atomic E-state index is 0.348. The second-order valence-corrected chi connectivity index (χ2v) is 6.54. The van der Waals surface area contributed by atoms with Crippen molar-refractivity contribution in [2.24, 2.45) is 5.41 Å². The Bertz CT molecular complexity index is 540. The highest BCUT2D eigenvalue weighted by atomic mass is 14.9. The van der Waals surface area contributed by atoms with E-state index in [1.165, 1.54) is 23.1 Å². The number of aromatic nitrogens is 2. The second-order valence-electron chi connectivity index (χ2n) is 6.54. The Hall–Kier alpha value is -1.51. The van der Waals surface area contributed by atoms with Gasteiger partial charge in [0.1, 0.15) is 13.7 Å². The minimum absolute atomic E-state index is 0.348. The SMILES string of the molecule is Bc1ccc(CCc2ncc(CC(C)(C)CC)[nH]2)cc1. The monoisotopic (exact) mass is 268 g/mol.